The maximum Gasteiger partial charge on any atom is 0.305 e. The Morgan fingerprint density at radius 3 is 2.68 bits per heavy atom. The monoisotopic (exact) mass is 307 g/mol. The third kappa shape index (κ3) is 4.06. The minimum absolute atomic E-state index is 0.0361. The largest absolute Gasteiger partial charge is 0.465 e. The van der Waals surface area contributed by atoms with Crippen molar-refractivity contribution in [2.75, 3.05) is 20.2 Å². The van der Waals surface area contributed by atoms with Gasteiger partial charge in [0.15, 0.2) is 0 Å². The highest BCUT2D eigenvalue weighted by atomic mass is 19.1. The molecule has 1 aliphatic heterocycles. The summed E-state index contributed by atoms with van der Waals surface area (Å²) in [6.07, 6.45) is 1.52. The molecule has 1 saturated heterocycles. The summed E-state index contributed by atoms with van der Waals surface area (Å²) in [7, 11) is 1.75. The quantitative estimate of drug-likeness (QED) is 0.786. The van der Waals surface area contributed by atoms with Gasteiger partial charge < -0.3 is 9.64 Å². The lowest BCUT2D eigenvalue weighted by Crippen LogP contribution is -2.43. The van der Waals surface area contributed by atoms with Crippen molar-refractivity contribution in [2.24, 2.45) is 5.92 Å². The fourth-order valence-corrected chi connectivity index (χ4v) is 2.84. The number of ether oxygens (including phenoxy) is 1. The number of carbonyl (C=O) groups excluding carboxylic acids is 2. The van der Waals surface area contributed by atoms with Gasteiger partial charge in [0.2, 0.25) is 5.91 Å². The van der Waals surface area contributed by atoms with Gasteiger partial charge in [-0.15, -0.1) is 0 Å². The number of hydrogen-bond acceptors (Lipinski definition) is 3. The van der Waals surface area contributed by atoms with Gasteiger partial charge in [0.25, 0.3) is 0 Å². The van der Waals surface area contributed by atoms with E-state index in [-0.39, 0.29) is 29.5 Å². The van der Waals surface area contributed by atoms with Gasteiger partial charge in [-0.3, -0.25) is 9.59 Å². The van der Waals surface area contributed by atoms with Gasteiger partial charge in [0, 0.05) is 38.3 Å². The molecule has 0 saturated carbocycles. The third-order valence-electron chi connectivity index (χ3n) is 4.11. The van der Waals surface area contributed by atoms with Crippen molar-refractivity contribution < 1.29 is 18.7 Å². The first-order valence-corrected chi connectivity index (χ1v) is 7.66. The van der Waals surface area contributed by atoms with Gasteiger partial charge in [0.05, 0.1) is 6.61 Å². The first-order chi connectivity index (χ1) is 10.5. The van der Waals surface area contributed by atoms with Crippen LogP contribution in [-0.2, 0) is 14.3 Å². The van der Waals surface area contributed by atoms with Crippen LogP contribution in [-0.4, -0.2) is 37.0 Å². The molecule has 0 aromatic heterocycles. The molecule has 1 aromatic rings. The molecule has 0 radical (unpaired) electrons. The molecule has 2 rings (SSSR count). The molecule has 22 heavy (non-hydrogen) atoms. The maximum atomic E-state index is 13.1. The summed E-state index contributed by atoms with van der Waals surface area (Å²) in [6.45, 7) is 2.76. The summed E-state index contributed by atoms with van der Waals surface area (Å²) >= 11 is 0. The Kier molecular flexibility index (Phi) is 5.52. The number of carbonyl (C=O) groups is 2. The van der Waals surface area contributed by atoms with E-state index in [0.29, 0.717) is 26.0 Å². The highest BCUT2D eigenvalue weighted by Crippen LogP contribution is 2.33. The third-order valence-corrected chi connectivity index (χ3v) is 4.11. The average Bonchev–Trinajstić information content (AvgIpc) is 2.49. The van der Waals surface area contributed by atoms with Crippen LogP contribution in [0, 0.1) is 11.7 Å². The minimum Gasteiger partial charge on any atom is -0.465 e. The fraction of sp³-hybridized carbons (Fsp3) is 0.529. The summed E-state index contributed by atoms with van der Waals surface area (Å²) in [5.41, 5.74) is 0.916. The van der Waals surface area contributed by atoms with Crippen LogP contribution < -0.4 is 0 Å². The Bertz CT molecular complexity index is 529. The number of nitrogens with zero attached hydrogens (tertiary/aromatic N) is 1. The molecule has 1 amide bonds. The van der Waals surface area contributed by atoms with E-state index in [9.17, 15) is 14.0 Å². The van der Waals surface area contributed by atoms with Crippen LogP contribution in [0.4, 0.5) is 4.39 Å². The Morgan fingerprint density at radius 2 is 2.05 bits per heavy atom. The molecule has 0 N–H and O–H groups in total. The topological polar surface area (TPSA) is 46.6 Å². The van der Waals surface area contributed by atoms with E-state index in [0.717, 1.165) is 12.0 Å². The van der Waals surface area contributed by atoms with Crippen molar-refractivity contribution in [1.29, 1.82) is 0 Å². The van der Waals surface area contributed by atoms with Crippen molar-refractivity contribution in [3.8, 4) is 0 Å². The number of esters is 1. The van der Waals surface area contributed by atoms with Crippen molar-refractivity contribution in [3.63, 3.8) is 0 Å². The van der Waals surface area contributed by atoms with Gasteiger partial charge in [0.1, 0.15) is 5.82 Å². The van der Waals surface area contributed by atoms with E-state index in [1.807, 2.05) is 6.92 Å². The smallest absolute Gasteiger partial charge is 0.305 e. The first-order valence-electron chi connectivity index (χ1n) is 7.66. The first kappa shape index (κ1) is 16.5. The van der Waals surface area contributed by atoms with Gasteiger partial charge in [-0.05, 0) is 24.1 Å². The van der Waals surface area contributed by atoms with Gasteiger partial charge >= 0.3 is 5.97 Å². The van der Waals surface area contributed by atoms with Crippen LogP contribution >= 0.6 is 0 Å². The zero-order valence-electron chi connectivity index (χ0n) is 13.0. The Morgan fingerprint density at radius 1 is 1.36 bits per heavy atom. The van der Waals surface area contributed by atoms with Crippen LogP contribution in [0.1, 0.15) is 37.7 Å². The Balaban J connectivity index is 2.10. The van der Waals surface area contributed by atoms with Crippen molar-refractivity contribution in [2.45, 2.75) is 32.1 Å². The molecule has 1 fully saturated rings. The molecule has 0 bridgehead atoms. The summed E-state index contributed by atoms with van der Waals surface area (Å²) in [6, 6.07) is 6.22. The Hall–Kier alpha value is -1.91. The second kappa shape index (κ2) is 7.38. The van der Waals surface area contributed by atoms with E-state index in [1.54, 1.807) is 24.1 Å². The SMILES string of the molecule is CCCC(=O)OC[C@@H]1CN(C)C(=O)C[C@H]1c1ccc(F)cc1. The predicted molar refractivity (Wildman–Crippen MR) is 80.8 cm³/mol. The number of piperidine rings is 1. The molecule has 1 heterocycles. The lowest BCUT2D eigenvalue weighted by molar-refractivity contribution is -0.146. The van der Waals surface area contributed by atoms with E-state index in [1.165, 1.54) is 12.1 Å². The molecular formula is C17H22FNO3. The predicted octanol–water partition coefficient (Wildman–Crippen LogP) is 2.73. The normalized spacial score (nSPS) is 21.8. The number of halogens is 1. The van der Waals surface area contributed by atoms with E-state index in [2.05, 4.69) is 0 Å². The maximum absolute atomic E-state index is 13.1. The highest BCUT2D eigenvalue weighted by molar-refractivity contribution is 5.78. The van der Waals surface area contributed by atoms with Crippen LogP contribution in [0.2, 0.25) is 0 Å². The second-order valence-corrected chi connectivity index (χ2v) is 5.83. The van der Waals surface area contributed by atoms with Crippen molar-refractivity contribution in [3.05, 3.63) is 35.6 Å². The molecular weight excluding hydrogens is 285 g/mol. The summed E-state index contributed by atoms with van der Waals surface area (Å²) in [4.78, 5) is 25.2. The number of likely N-dealkylation sites (tertiary alicyclic amines) is 1. The summed E-state index contributed by atoms with van der Waals surface area (Å²) in [5.74, 6) is -0.452. The lowest BCUT2D eigenvalue weighted by Gasteiger charge is -2.36. The van der Waals surface area contributed by atoms with E-state index < -0.39 is 0 Å². The molecule has 1 aliphatic rings. The van der Waals surface area contributed by atoms with Crippen LogP contribution in [0.15, 0.2) is 24.3 Å². The number of hydrogen-bond donors (Lipinski definition) is 0. The molecule has 0 unspecified atom stereocenters. The number of rotatable bonds is 5. The van der Waals surface area contributed by atoms with E-state index >= 15 is 0 Å². The van der Waals surface area contributed by atoms with Crippen molar-refractivity contribution in [1.82, 2.24) is 4.90 Å². The molecule has 4 nitrogen and oxygen atoms in total. The zero-order valence-corrected chi connectivity index (χ0v) is 13.0. The molecule has 0 spiro atoms. The van der Waals surface area contributed by atoms with Crippen LogP contribution in [0.25, 0.3) is 0 Å². The second-order valence-electron chi connectivity index (χ2n) is 5.83. The lowest BCUT2D eigenvalue weighted by atomic mass is 9.80. The number of amides is 1. The molecule has 5 heteroatoms. The zero-order chi connectivity index (χ0) is 16.1. The van der Waals surface area contributed by atoms with E-state index in [4.69, 9.17) is 4.74 Å². The summed E-state index contributed by atoms with van der Waals surface area (Å²) < 4.78 is 18.4. The van der Waals surface area contributed by atoms with Gasteiger partial charge in [-0.1, -0.05) is 19.1 Å². The average molecular weight is 307 g/mol. The molecule has 1 aromatic carbocycles. The van der Waals surface area contributed by atoms with Gasteiger partial charge in [-0.2, -0.15) is 0 Å². The Labute approximate surface area is 130 Å². The van der Waals surface area contributed by atoms with Crippen molar-refractivity contribution >= 4 is 11.9 Å². The highest BCUT2D eigenvalue weighted by Gasteiger charge is 2.34. The minimum atomic E-state index is -0.297. The van der Waals surface area contributed by atoms with Gasteiger partial charge in [-0.25, -0.2) is 4.39 Å². The van der Waals surface area contributed by atoms with Crippen LogP contribution in [0.3, 0.4) is 0 Å². The fourth-order valence-electron chi connectivity index (χ4n) is 2.84. The molecule has 2 atom stereocenters. The van der Waals surface area contributed by atoms with Crippen LogP contribution in [0.5, 0.6) is 0 Å². The summed E-state index contributed by atoms with van der Waals surface area (Å²) in [5, 5.41) is 0. The molecule has 120 valence electrons. The number of benzene rings is 1. The molecule has 0 aliphatic carbocycles. The standard InChI is InChI=1S/C17H22FNO3/c1-3-4-17(21)22-11-13-10-19(2)16(20)9-15(13)12-5-7-14(18)8-6-12/h5-8,13,15H,3-4,9-11H2,1-2H3/t13-,15-/m0/s1.